The Morgan fingerprint density at radius 3 is 2.05 bits per heavy atom. The molecule has 0 atom stereocenters. The van der Waals surface area contributed by atoms with Crippen LogP contribution in [0.5, 0.6) is 11.5 Å². The van der Waals surface area contributed by atoms with Gasteiger partial charge in [-0.25, -0.2) is 16.8 Å². The minimum absolute atomic E-state index is 0.0182. The smallest absolute Gasteiger partial charge is 0.264 e. The first-order valence-electron chi connectivity index (χ1n) is 12.2. The summed E-state index contributed by atoms with van der Waals surface area (Å²) >= 11 is 0. The van der Waals surface area contributed by atoms with Gasteiger partial charge in [0, 0.05) is 32.2 Å². The third-order valence-electron chi connectivity index (χ3n) is 6.52. The fourth-order valence-electron chi connectivity index (χ4n) is 4.27. The molecule has 0 bridgehead atoms. The minimum atomic E-state index is -4.15. The van der Waals surface area contributed by atoms with Gasteiger partial charge in [-0.2, -0.15) is 4.31 Å². The van der Waals surface area contributed by atoms with Crippen molar-refractivity contribution in [3.05, 3.63) is 78.4 Å². The Morgan fingerprint density at radius 1 is 0.821 bits per heavy atom. The number of piperazine rings is 1. The number of aryl methyl sites for hydroxylation is 1. The Hall–Kier alpha value is -3.61. The zero-order valence-corrected chi connectivity index (χ0v) is 23.6. The molecule has 0 radical (unpaired) electrons. The molecule has 1 aliphatic rings. The van der Waals surface area contributed by atoms with Crippen LogP contribution in [0.3, 0.4) is 0 Å². The lowest BCUT2D eigenvalue weighted by Gasteiger charge is -2.35. The Kier molecular flexibility index (Phi) is 8.48. The summed E-state index contributed by atoms with van der Waals surface area (Å²) in [7, 11) is -4.98. The van der Waals surface area contributed by atoms with Crippen LogP contribution in [0.15, 0.2) is 82.6 Å². The van der Waals surface area contributed by atoms with Crippen molar-refractivity contribution in [3.8, 4) is 11.5 Å². The fourth-order valence-corrected chi connectivity index (χ4v) is 7.14. The monoisotopic (exact) mass is 573 g/mol. The largest absolute Gasteiger partial charge is 0.497 e. The number of hydrogen-bond donors (Lipinski definition) is 0. The molecule has 3 aromatic rings. The maximum absolute atomic E-state index is 13.7. The van der Waals surface area contributed by atoms with E-state index in [2.05, 4.69) is 0 Å². The molecule has 1 saturated heterocycles. The highest BCUT2D eigenvalue weighted by Crippen LogP contribution is 2.35. The number of sulfonamides is 2. The Bertz CT molecular complexity index is 1520. The van der Waals surface area contributed by atoms with Crippen molar-refractivity contribution in [2.45, 2.75) is 16.7 Å². The molecule has 4 rings (SSSR count). The SMILES string of the molecule is COc1ccc(N(CC(=O)N2CCN(S(=O)(=O)c3ccc(C)cc3)CC2)S(=O)(=O)c2ccccc2)c(OC)c1. The van der Waals surface area contributed by atoms with E-state index >= 15 is 0 Å². The van der Waals surface area contributed by atoms with Crippen LogP contribution in [0.1, 0.15) is 5.56 Å². The molecule has 3 aromatic carbocycles. The van der Waals surface area contributed by atoms with Crippen LogP contribution in [-0.2, 0) is 24.8 Å². The highest BCUT2D eigenvalue weighted by molar-refractivity contribution is 7.93. The van der Waals surface area contributed by atoms with E-state index in [9.17, 15) is 21.6 Å². The Balaban J connectivity index is 1.57. The third kappa shape index (κ3) is 6.02. The van der Waals surface area contributed by atoms with Gasteiger partial charge in [-0.15, -0.1) is 0 Å². The van der Waals surface area contributed by atoms with Crippen LogP contribution in [-0.4, -0.2) is 78.9 Å². The first-order valence-corrected chi connectivity index (χ1v) is 15.1. The Labute approximate surface area is 229 Å². The van der Waals surface area contributed by atoms with Gasteiger partial charge in [0.15, 0.2) is 0 Å². The van der Waals surface area contributed by atoms with Gasteiger partial charge in [0.1, 0.15) is 18.0 Å². The van der Waals surface area contributed by atoms with Gasteiger partial charge in [0.25, 0.3) is 10.0 Å². The van der Waals surface area contributed by atoms with Crippen molar-refractivity contribution in [3.63, 3.8) is 0 Å². The van der Waals surface area contributed by atoms with E-state index in [4.69, 9.17) is 9.47 Å². The number of nitrogens with zero attached hydrogens (tertiary/aromatic N) is 3. The topological polar surface area (TPSA) is 114 Å². The number of benzene rings is 3. The molecule has 0 aliphatic carbocycles. The second-order valence-electron chi connectivity index (χ2n) is 8.96. The first kappa shape index (κ1) is 28.4. The van der Waals surface area contributed by atoms with Crippen LogP contribution in [0.2, 0.25) is 0 Å². The lowest BCUT2D eigenvalue weighted by atomic mass is 10.2. The number of anilines is 1. The maximum atomic E-state index is 13.7. The summed E-state index contributed by atoms with van der Waals surface area (Å²) in [4.78, 5) is 15.1. The van der Waals surface area contributed by atoms with Crippen LogP contribution < -0.4 is 13.8 Å². The van der Waals surface area contributed by atoms with E-state index < -0.39 is 32.5 Å². The average molecular weight is 574 g/mol. The molecule has 208 valence electrons. The molecule has 1 heterocycles. The van der Waals surface area contributed by atoms with Crippen LogP contribution in [0.25, 0.3) is 0 Å². The van der Waals surface area contributed by atoms with E-state index in [0.29, 0.717) is 5.75 Å². The van der Waals surface area contributed by atoms with Gasteiger partial charge < -0.3 is 14.4 Å². The number of amides is 1. The molecule has 0 aromatic heterocycles. The fraction of sp³-hybridized carbons (Fsp3) is 0.296. The summed E-state index contributed by atoms with van der Waals surface area (Å²) < 4.78 is 66.6. The number of ether oxygens (including phenoxy) is 2. The van der Waals surface area contributed by atoms with Gasteiger partial charge in [0.05, 0.1) is 29.7 Å². The lowest BCUT2D eigenvalue weighted by molar-refractivity contribution is -0.130. The number of methoxy groups -OCH3 is 2. The van der Waals surface area contributed by atoms with Gasteiger partial charge in [-0.05, 0) is 43.3 Å². The lowest BCUT2D eigenvalue weighted by Crippen LogP contribution is -2.53. The average Bonchev–Trinajstić information content (AvgIpc) is 2.96. The second kappa shape index (κ2) is 11.6. The molecule has 1 fully saturated rings. The minimum Gasteiger partial charge on any atom is -0.497 e. The summed E-state index contributed by atoms with van der Waals surface area (Å²) in [6.45, 7) is 1.83. The van der Waals surface area contributed by atoms with Crippen molar-refractivity contribution in [2.75, 3.05) is 51.2 Å². The van der Waals surface area contributed by atoms with Crippen molar-refractivity contribution in [1.29, 1.82) is 0 Å². The van der Waals surface area contributed by atoms with Gasteiger partial charge >= 0.3 is 0 Å². The quantitative estimate of drug-likeness (QED) is 0.387. The van der Waals surface area contributed by atoms with E-state index in [0.717, 1.165) is 9.87 Å². The molecule has 10 nitrogen and oxygen atoms in total. The van der Waals surface area contributed by atoms with Crippen molar-refractivity contribution in [1.82, 2.24) is 9.21 Å². The molecule has 39 heavy (non-hydrogen) atoms. The molecular formula is C27H31N3O7S2. The maximum Gasteiger partial charge on any atom is 0.264 e. The molecular weight excluding hydrogens is 542 g/mol. The van der Waals surface area contributed by atoms with Crippen molar-refractivity contribution >= 4 is 31.6 Å². The summed E-state index contributed by atoms with van der Waals surface area (Å²) in [5, 5.41) is 0. The molecule has 0 unspecified atom stereocenters. The molecule has 1 aliphatic heterocycles. The molecule has 0 N–H and O–H groups in total. The summed E-state index contributed by atoms with van der Waals surface area (Å²) in [5.74, 6) is 0.223. The zero-order valence-electron chi connectivity index (χ0n) is 22.0. The second-order valence-corrected chi connectivity index (χ2v) is 12.8. The molecule has 1 amide bonds. The van der Waals surface area contributed by atoms with Crippen molar-refractivity contribution < 1.29 is 31.1 Å². The van der Waals surface area contributed by atoms with E-state index in [1.807, 2.05) is 6.92 Å². The van der Waals surface area contributed by atoms with Gasteiger partial charge in [-0.3, -0.25) is 9.10 Å². The van der Waals surface area contributed by atoms with Gasteiger partial charge in [0.2, 0.25) is 15.9 Å². The predicted molar refractivity (Wildman–Crippen MR) is 147 cm³/mol. The summed E-state index contributed by atoms with van der Waals surface area (Å²) in [6, 6.07) is 19.1. The Morgan fingerprint density at radius 2 is 1.46 bits per heavy atom. The number of carbonyl (C=O) groups is 1. The number of carbonyl (C=O) groups excluding carboxylic acids is 1. The summed E-state index contributed by atoms with van der Waals surface area (Å²) in [6.07, 6.45) is 0. The molecule has 0 spiro atoms. The molecule has 0 saturated carbocycles. The van der Waals surface area contributed by atoms with Gasteiger partial charge in [-0.1, -0.05) is 35.9 Å². The highest BCUT2D eigenvalue weighted by atomic mass is 32.2. The van der Waals surface area contributed by atoms with E-state index in [-0.39, 0.29) is 47.4 Å². The molecule has 12 heteroatoms. The predicted octanol–water partition coefficient (Wildman–Crippen LogP) is 2.74. The first-order chi connectivity index (χ1) is 18.6. The van der Waals surface area contributed by atoms with Crippen LogP contribution in [0.4, 0.5) is 5.69 Å². The van der Waals surface area contributed by atoms with E-state index in [1.165, 1.54) is 41.6 Å². The van der Waals surface area contributed by atoms with Crippen LogP contribution >= 0.6 is 0 Å². The highest BCUT2D eigenvalue weighted by Gasteiger charge is 2.34. The number of rotatable bonds is 9. The third-order valence-corrected chi connectivity index (χ3v) is 10.2. The normalized spacial score (nSPS) is 14.6. The standard InChI is InChI=1S/C27H31N3O7S2/c1-21-9-12-24(13-10-21)38(32,33)29-17-15-28(16-18-29)27(31)20-30(39(34,35)23-7-5-4-6-8-23)25-14-11-22(36-2)19-26(25)37-3/h4-14,19H,15-18,20H2,1-3H3. The summed E-state index contributed by atoms with van der Waals surface area (Å²) in [5.41, 5.74) is 1.13. The zero-order chi connectivity index (χ0) is 28.2. The number of hydrogen-bond acceptors (Lipinski definition) is 7. The van der Waals surface area contributed by atoms with Crippen molar-refractivity contribution in [2.24, 2.45) is 0 Å². The van der Waals surface area contributed by atoms with E-state index in [1.54, 1.807) is 54.6 Å². The van der Waals surface area contributed by atoms with Crippen LogP contribution in [0, 0.1) is 6.92 Å².